The second-order valence-electron chi connectivity index (χ2n) is 5.91. The van der Waals surface area contributed by atoms with Gasteiger partial charge in [-0.2, -0.15) is 0 Å². The Morgan fingerprint density at radius 3 is 2.60 bits per heavy atom. The summed E-state index contributed by atoms with van der Waals surface area (Å²) in [6.45, 7) is 5.57. The van der Waals surface area contributed by atoms with Crippen LogP contribution in [0.3, 0.4) is 0 Å². The third-order valence-electron chi connectivity index (χ3n) is 3.76. The maximum absolute atomic E-state index is 4.71. The number of anilines is 1. The number of halogens is 1. The van der Waals surface area contributed by atoms with Crippen molar-refractivity contribution in [3.05, 3.63) is 16.5 Å². The lowest BCUT2D eigenvalue weighted by Crippen LogP contribution is -2.37. The summed E-state index contributed by atoms with van der Waals surface area (Å²) in [5.74, 6) is 2.85. The Kier molecular flexibility index (Phi) is 5.78. The first-order valence-corrected chi connectivity index (χ1v) is 8.31. The summed E-state index contributed by atoms with van der Waals surface area (Å²) in [5.41, 5.74) is 0. The molecule has 0 spiro atoms. The normalized spacial score (nSPS) is 16.9. The van der Waals surface area contributed by atoms with Gasteiger partial charge in [0.2, 0.25) is 0 Å². The molecular weight excluding hydrogens is 316 g/mol. The number of hydrogen-bond acceptors (Lipinski definition) is 4. The minimum absolute atomic E-state index is 0.821. The minimum atomic E-state index is 0.821. The summed E-state index contributed by atoms with van der Waals surface area (Å²) in [5, 5.41) is 0. The van der Waals surface area contributed by atoms with E-state index in [1.807, 2.05) is 6.07 Å². The second kappa shape index (κ2) is 7.36. The highest BCUT2D eigenvalue weighted by atomic mass is 79.9. The van der Waals surface area contributed by atoms with E-state index < -0.39 is 0 Å². The molecule has 0 saturated carbocycles. The lowest BCUT2D eigenvalue weighted by molar-refractivity contribution is 0.284. The molecule has 0 unspecified atom stereocenters. The zero-order chi connectivity index (χ0) is 14.5. The Bertz CT molecular complexity index is 428. The van der Waals surface area contributed by atoms with Gasteiger partial charge in [0.1, 0.15) is 16.2 Å². The summed E-state index contributed by atoms with van der Waals surface area (Å²) in [4.78, 5) is 13.8. The SMILES string of the molecule is CCCc1nc(Br)cc(N2CCC(CN(C)C)CC2)n1. The Hall–Kier alpha value is -0.680. The van der Waals surface area contributed by atoms with Gasteiger partial charge in [-0.3, -0.25) is 0 Å². The van der Waals surface area contributed by atoms with Crippen LogP contribution >= 0.6 is 15.9 Å². The number of rotatable bonds is 5. The zero-order valence-corrected chi connectivity index (χ0v) is 14.4. The molecule has 4 nitrogen and oxygen atoms in total. The first-order valence-electron chi connectivity index (χ1n) is 7.51. The predicted octanol–water partition coefficient (Wildman–Crippen LogP) is 2.97. The molecular formula is C15H25BrN4. The van der Waals surface area contributed by atoms with Gasteiger partial charge in [0.15, 0.2) is 0 Å². The van der Waals surface area contributed by atoms with E-state index in [0.29, 0.717) is 0 Å². The number of hydrogen-bond donors (Lipinski definition) is 0. The Morgan fingerprint density at radius 1 is 1.30 bits per heavy atom. The van der Waals surface area contributed by atoms with Crippen LogP contribution in [-0.4, -0.2) is 48.6 Å². The molecule has 5 heteroatoms. The van der Waals surface area contributed by atoms with E-state index in [1.54, 1.807) is 0 Å². The molecule has 2 heterocycles. The molecule has 1 aliphatic heterocycles. The fourth-order valence-electron chi connectivity index (χ4n) is 2.81. The molecule has 0 aromatic carbocycles. The van der Waals surface area contributed by atoms with Crippen molar-refractivity contribution in [3.8, 4) is 0 Å². The monoisotopic (exact) mass is 340 g/mol. The molecule has 0 amide bonds. The van der Waals surface area contributed by atoms with Crippen LogP contribution in [0.25, 0.3) is 0 Å². The quantitative estimate of drug-likeness (QED) is 0.771. The van der Waals surface area contributed by atoms with Gasteiger partial charge < -0.3 is 9.80 Å². The van der Waals surface area contributed by atoms with E-state index >= 15 is 0 Å². The molecule has 0 radical (unpaired) electrons. The minimum Gasteiger partial charge on any atom is -0.356 e. The number of aryl methyl sites for hydroxylation is 1. The van der Waals surface area contributed by atoms with Crippen molar-refractivity contribution in [2.75, 3.05) is 38.6 Å². The average molecular weight is 341 g/mol. The highest BCUT2D eigenvalue weighted by molar-refractivity contribution is 9.10. The van der Waals surface area contributed by atoms with E-state index in [1.165, 1.54) is 19.4 Å². The fraction of sp³-hybridized carbons (Fsp3) is 0.733. The van der Waals surface area contributed by atoms with Crippen LogP contribution in [0.1, 0.15) is 32.0 Å². The van der Waals surface area contributed by atoms with Crippen LogP contribution in [-0.2, 0) is 6.42 Å². The predicted molar refractivity (Wildman–Crippen MR) is 87.2 cm³/mol. The summed E-state index contributed by atoms with van der Waals surface area (Å²) in [6.07, 6.45) is 4.54. The van der Waals surface area contributed by atoms with E-state index in [-0.39, 0.29) is 0 Å². The molecule has 1 aliphatic rings. The Morgan fingerprint density at radius 2 is 2.00 bits per heavy atom. The molecule has 2 rings (SSSR count). The first kappa shape index (κ1) is 15.7. The van der Waals surface area contributed by atoms with Gasteiger partial charge in [-0.05, 0) is 55.2 Å². The van der Waals surface area contributed by atoms with Crippen molar-refractivity contribution in [1.29, 1.82) is 0 Å². The van der Waals surface area contributed by atoms with Gasteiger partial charge in [0.05, 0.1) is 0 Å². The third kappa shape index (κ3) is 4.42. The molecule has 1 aromatic heterocycles. The van der Waals surface area contributed by atoms with Crippen molar-refractivity contribution in [2.24, 2.45) is 5.92 Å². The topological polar surface area (TPSA) is 32.3 Å². The van der Waals surface area contributed by atoms with Crippen molar-refractivity contribution >= 4 is 21.7 Å². The summed E-state index contributed by atoms with van der Waals surface area (Å²) in [7, 11) is 4.32. The number of nitrogens with zero attached hydrogens (tertiary/aromatic N) is 4. The maximum Gasteiger partial charge on any atom is 0.133 e. The molecule has 0 aliphatic carbocycles. The van der Waals surface area contributed by atoms with Crippen molar-refractivity contribution in [3.63, 3.8) is 0 Å². The van der Waals surface area contributed by atoms with E-state index in [0.717, 1.165) is 48.1 Å². The maximum atomic E-state index is 4.71. The van der Waals surface area contributed by atoms with Crippen LogP contribution < -0.4 is 4.90 Å². The zero-order valence-electron chi connectivity index (χ0n) is 12.8. The van der Waals surface area contributed by atoms with Gasteiger partial charge in [-0.25, -0.2) is 9.97 Å². The second-order valence-corrected chi connectivity index (χ2v) is 6.72. The average Bonchev–Trinajstić information content (AvgIpc) is 2.38. The van der Waals surface area contributed by atoms with Gasteiger partial charge in [0.25, 0.3) is 0 Å². The number of aromatic nitrogens is 2. The van der Waals surface area contributed by atoms with Crippen LogP contribution in [0.5, 0.6) is 0 Å². The Labute approximate surface area is 130 Å². The van der Waals surface area contributed by atoms with Crippen LogP contribution in [0, 0.1) is 5.92 Å². The molecule has 0 N–H and O–H groups in total. The van der Waals surface area contributed by atoms with Crippen molar-refractivity contribution in [2.45, 2.75) is 32.6 Å². The van der Waals surface area contributed by atoms with Crippen LogP contribution in [0.15, 0.2) is 10.7 Å². The molecule has 1 aromatic rings. The summed E-state index contributed by atoms with van der Waals surface area (Å²) >= 11 is 3.51. The van der Waals surface area contributed by atoms with Gasteiger partial charge in [-0.15, -0.1) is 0 Å². The molecule has 20 heavy (non-hydrogen) atoms. The molecule has 0 bridgehead atoms. The van der Waals surface area contributed by atoms with Crippen molar-refractivity contribution in [1.82, 2.24) is 14.9 Å². The highest BCUT2D eigenvalue weighted by Gasteiger charge is 2.21. The summed E-state index contributed by atoms with van der Waals surface area (Å²) in [6, 6.07) is 2.05. The largest absolute Gasteiger partial charge is 0.356 e. The lowest BCUT2D eigenvalue weighted by atomic mass is 9.96. The first-order chi connectivity index (χ1) is 9.58. The fourth-order valence-corrected chi connectivity index (χ4v) is 3.22. The van der Waals surface area contributed by atoms with Crippen LogP contribution in [0.2, 0.25) is 0 Å². The van der Waals surface area contributed by atoms with Crippen molar-refractivity contribution < 1.29 is 0 Å². The molecule has 1 fully saturated rings. The molecule has 112 valence electrons. The van der Waals surface area contributed by atoms with Gasteiger partial charge in [0, 0.05) is 32.1 Å². The lowest BCUT2D eigenvalue weighted by Gasteiger charge is -2.34. The molecule has 0 atom stereocenters. The van der Waals surface area contributed by atoms with Gasteiger partial charge >= 0.3 is 0 Å². The standard InChI is InChI=1S/C15H25BrN4/c1-4-5-14-17-13(16)10-15(18-14)20-8-6-12(7-9-20)11-19(2)3/h10,12H,4-9,11H2,1-3H3. The highest BCUT2D eigenvalue weighted by Crippen LogP contribution is 2.24. The summed E-state index contributed by atoms with van der Waals surface area (Å²) < 4.78 is 0.904. The van der Waals surface area contributed by atoms with E-state index in [4.69, 9.17) is 4.98 Å². The molecule has 1 saturated heterocycles. The van der Waals surface area contributed by atoms with E-state index in [2.05, 4.69) is 51.7 Å². The Balaban J connectivity index is 1.99. The van der Waals surface area contributed by atoms with E-state index in [9.17, 15) is 0 Å². The third-order valence-corrected chi connectivity index (χ3v) is 4.17. The number of piperidine rings is 1. The van der Waals surface area contributed by atoms with Crippen LogP contribution in [0.4, 0.5) is 5.82 Å². The smallest absolute Gasteiger partial charge is 0.133 e. The van der Waals surface area contributed by atoms with Gasteiger partial charge in [-0.1, -0.05) is 6.92 Å².